The van der Waals surface area contributed by atoms with E-state index >= 15 is 0 Å². The summed E-state index contributed by atoms with van der Waals surface area (Å²) in [5, 5.41) is 9.17. The average Bonchev–Trinajstić information content (AvgIpc) is 3.52. The SMILES string of the molecule is CCN(CC)CCn1cc(-c2cncc(Oc3ccc4nc(NC5CCCCC5)sc4c3)c2)cn1. The molecule has 0 aliphatic heterocycles. The fourth-order valence-electron chi connectivity index (χ4n) is 4.64. The van der Waals surface area contributed by atoms with Gasteiger partial charge in [-0.3, -0.25) is 9.67 Å². The summed E-state index contributed by atoms with van der Waals surface area (Å²) in [5.41, 5.74) is 3.04. The molecule has 3 heterocycles. The third kappa shape index (κ3) is 6.00. The predicted molar refractivity (Wildman–Crippen MR) is 143 cm³/mol. The number of likely N-dealkylation sites (N-methyl/N-ethyl adjacent to an activating group) is 1. The van der Waals surface area contributed by atoms with Crippen LogP contribution in [0.1, 0.15) is 46.0 Å². The van der Waals surface area contributed by atoms with Crippen LogP contribution in [0.15, 0.2) is 49.1 Å². The highest BCUT2D eigenvalue weighted by Gasteiger charge is 2.15. The van der Waals surface area contributed by atoms with Crippen LogP contribution in [0.4, 0.5) is 5.13 Å². The van der Waals surface area contributed by atoms with Gasteiger partial charge in [-0.2, -0.15) is 5.10 Å². The first-order valence-electron chi connectivity index (χ1n) is 12.8. The Bertz CT molecular complexity index is 1240. The van der Waals surface area contributed by atoms with Gasteiger partial charge >= 0.3 is 0 Å². The van der Waals surface area contributed by atoms with E-state index in [4.69, 9.17) is 9.72 Å². The number of thiazole rings is 1. The van der Waals surface area contributed by atoms with Gasteiger partial charge in [-0.15, -0.1) is 0 Å². The molecule has 7 nitrogen and oxygen atoms in total. The van der Waals surface area contributed by atoms with Crippen molar-refractivity contribution < 1.29 is 4.74 Å². The molecule has 0 amide bonds. The van der Waals surface area contributed by atoms with E-state index in [2.05, 4.69) is 46.4 Å². The molecule has 1 saturated carbocycles. The predicted octanol–water partition coefficient (Wildman–Crippen LogP) is 6.43. The van der Waals surface area contributed by atoms with E-state index in [-0.39, 0.29) is 0 Å². The van der Waals surface area contributed by atoms with E-state index in [0.717, 1.165) is 58.4 Å². The van der Waals surface area contributed by atoms with Crippen molar-refractivity contribution in [2.75, 3.05) is 25.0 Å². The summed E-state index contributed by atoms with van der Waals surface area (Å²) in [7, 11) is 0. The Kier molecular flexibility index (Phi) is 7.59. The Morgan fingerprint density at radius 1 is 1.03 bits per heavy atom. The summed E-state index contributed by atoms with van der Waals surface area (Å²) < 4.78 is 9.31. The van der Waals surface area contributed by atoms with Gasteiger partial charge < -0.3 is 15.0 Å². The topological polar surface area (TPSA) is 68.1 Å². The number of nitrogens with one attached hydrogen (secondary N) is 1. The van der Waals surface area contributed by atoms with Crippen LogP contribution in [0, 0.1) is 0 Å². The molecule has 1 N–H and O–H groups in total. The van der Waals surface area contributed by atoms with E-state index in [9.17, 15) is 0 Å². The maximum Gasteiger partial charge on any atom is 0.184 e. The monoisotopic (exact) mass is 490 g/mol. The lowest BCUT2D eigenvalue weighted by Gasteiger charge is -2.22. The Balaban J connectivity index is 1.25. The molecule has 1 aliphatic carbocycles. The van der Waals surface area contributed by atoms with Crippen LogP contribution >= 0.6 is 11.3 Å². The molecule has 3 aromatic heterocycles. The lowest BCUT2D eigenvalue weighted by molar-refractivity contribution is 0.285. The van der Waals surface area contributed by atoms with Crippen molar-refractivity contribution in [3.05, 3.63) is 49.1 Å². The summed E-state index contributed by atoms with van der Waals surface area (Å²) in [6.07, 6.45) is 14.0. The summed E-state index contributed by atoms with van der Waals surface area (Å²) in [6.45, 7) is 8.36. The van der Waals surface area contributed by atoms with Crippen molar-refractivity contribution in [3.63, 3.8) is 0 Å². The largest absolute Gasteiger partial charge is 0.456 e. The molecular weight excluding hydrogens is 456 g/mol. The molecule has 0 unspecified atom stereocenters. The second-order valence-electron chi connectivity index (χ2n) is 9.16. The Hall–Kier alpha value is -2.97. The molecule has 0 saturated heterocycles. The molecule has 35 heavy (non-hydrogen) atoms. The molecule has 0 radical (unpaired) electrons. The molecule has 184 valence electrons. The molecule has 0 bridgehead atoms. The summed E-state index contributed by atoms with van der Waals surface area (Å²) in [6, 6.07) is 8.65. The van der Waals surface area contributed by atoms with Crippen LogP contribution in [0.3, 0.4) is 0 Å². The lowest BCUT2D eigenvalue weighted by Crippen LogP contribution is -2.27. The van der Waals surface area contributed by atoms with Gasteiger partial charge in [-0.1, -0.05) is 44.4 Å². The Labute approximate surface area is 211 Å². The van der Waals surface area contributed by atoms with Crippen molar-refractivity contribution >= 4 is 26.7 Å². The number of fused-ring (bicyclic) bond motifs is 1. The zero-order chi connectivity index (χ0) is 24.0. The highest BCUT2D eigenvalue weighted by Crippen LogP contribution is 2.33. The van der Waals surface area contributed by atoms with Crippen molar-refractivity contribution in [2.24, 2.45) is 0 Å². The third-order valence-corrected chi connectivity index (χ3v) is 7.70. The summed E-state index contributed by atoms with van der Waals surface area (Å²) >= 11 is 1.70. The highest BCUT2D eigenvalue weighted by molar-refractivity contribution is 7.22. The second kappa shape index (κ2) is 11.2. The van der Waals surface area contributed by atoms with Crippen molar-refractivity contribution in [2.45, 2.75) is 58.5 Å². The van der Waals surface area contributed by atoms with Crippen LogP contribution in [0.2, 0.25) is 0 Å². The van der Waals surface area contributed by atoms with Gasteiger partial charge in [0.15, 0.2) is 5.13 Å². The van der Waals surface area contributed by atoms with Crippen LogP contribution < -0.4 is 10.1 Å². The van der Waals surface area contributed by atoms with E-state index in [1.54, 1.807) is 17.5 Å². The van der Waals surface area contributed by atoms with Gasteiger partial charge in [0.25, 0.3) is 0 Å². The van der Waals surface area contributed by atoms with Crippen LogP contribution in [-0.4, -0.2) is 50.3 Å². The van der Waals surface area contributed by atoms with Gasteiger partial charge in [-0.05, 0) is 44.1 Å². The number of nitrogens with zero attached hydrogens (tertiary/aromatic N) is 5. The van der Waals surface area contributed by atoms with E-state index in [1.807, 2.05) is 35.3 Å². The second-order valence-corrected chi connectivity index (χ2v) is 10.2. The minimum atomic E-state index is 0.551. The molecule has 5 rings (SSSR count). The molecule has 0 spiro atoms. The zero-order valence-electron chi connectivity index (χ0n) is 20.6. The number of pyridine rings is 1. The number of aromatic nitrogens is 4. The number of rotatable bonds is 10. The number of anilines is 1. The third-order valence-electron chi connectivity index (χ3n) is 6.75. The quantitative estimate of drug-likeness (QED) is 0.276. The number of benzene rings is 1. The van der Waals surface area contributed by atoms with E-state index in [1.165, 1.54) is 32.1 Å². The van der Waals surface area contributed by atoms with E-state index in [0.29, 0.717) is 11.8 Å². The van der Waals surface area contributed by atoms with Crippen molar-refractivity contribution in [1.29, 1.82) is 0 Å². The first-order chi connectivity index (χ1) is 17.2. The zero-order valence-corrected chi connectivity index (χ0v) is 21.4. The molecule has 1 aromatic carbocycles. The molecule has 1 aliphatic rings. The minimum absolute atomic E-state index is 0.551. The summed E-state index contributed by atoms with van der Waals surface area (Å²) in [5.74, 6) is 1.50. The standard InChI is InChI=1S/C27H34N6OS/c1-3-32(4-2)12-13-33-19-21(17-29-33)20-14-24(18-28-16-20)34-23-10-11-25-26(15-23)35-27(31-25)30-22-8-6-5-7-9-22/h10-11,14-19,22H,3-9,12-13H2,1-2H3,(H,30,31). The normalized spacial score (nSPS) is 14.6. The molecule has 1 fully saturated rings. The minimum Gasteiger partial charge on any atom is -0.456 e. The average molecular weight is 491 g/mol. The van der Waals surface area contributed by atoms with Gasteiger partial charge in [0.1, 0.15) is 11.5 Å². The number of hydrogen-bond acceptors (Lipinski definition) is 7. The van der Waals surface area contributed by atoms with Crippen LogP contribution in [0.25, 0.3) is 21.3 Å². The number of ether oxygens (including phenoxy) is 1. The van der Waals surface area contributed by atoms with E-state index < -0.39 is 0 Å². The van der Waals surface area contributed by atoms with Crippen LogP contribution in [0.5, 0.6) is 11.5 Å². The molecular formula is C27H34N6OS. The number of hydrogen-bond donors (Lipinski definition) is 1. The lowest BCUT2D eigenvalue weighted by atomic mass is 9.96. The smallest absolute Gasteiger partial charge is 0.184 e. The summed E-state index contributed by atoms with van der Waals surface area (Å²) in [4.78, 5) is 11.6. The van der Waals surface area contributed by atoms with Gasteiger partial charge in [0.2, 0.25) is 0 Å². The fourth-order valence-corrected chi connectivity index (χ4v) is 5.61. The van der Waals surface area contributed by atoms with Gasteiger partial charge in [0.05, 0.1) is 29.2 Å². The van der Waals surface area contributed by atoms with Gasteiger partial charge in [-0.25, -0.2) is 4.98 Å². The first kappa shape index (κ1) is 23.8. The molecule has 0 atom stereocenters. The molecule has 8 heteroatoms. The maximum atomic E-state index is 6.18. The maximum absolute atomic E-state index is 6.18. The van der Waals surface area contributed by atoms with Crippen molar-refractivity contribution in [1.82, 2.24) is 24.6 Å². The van der Waals surface area contributed by atoms with Crippen LogP contribution in [-0.2, 0) is 6.54 Å². The first-order valence-corrected chi connectivity index (χ1v) is 13.6. The molecule has 4 aromatic rings. The van der Waals surface area contributed by atoms with Crippen molar-refractivity contribution in [3.8, 4) is 22.6 Å². The Morgan fingerprint density at radius 3 is 2.71 bits per heavy atom. The van der Waals surface area contributed by atoms with Gasteiger partial charge in [0, 0.05) is 42.2 Å². The Morgan fingerprint density at radius 2 is 1.89 bits per heavy atom. The highest BCUT2D eigenvalue weighted by atomic mass is 32.1. The fraction of sp³-hybridized carbons (Fsp3) is 0.444.